The Morgan fingerprint density at radius 2 is 1.50 bits per heavy atom. The van der Waals surface area contributed by atoms with Gasteiger partial charge >= 0.3 is 5.63 Å². The Kier molecular flexibility index (Phi) is 3.22. The van der Waals surface area contributed by atoms with Gasteiger partial charge in [-0.25, -0.2) is 9.48 Å². The van der Waals surface area contributed by atoms with Crippen molar-refractivity contribution in [3.63, 3.8) is 0 Å². The minimum atomic E-state index is -0.383. The lowest BCUT2D eigenvalue weighted by Crippen LogP contribution is -2.04. The van der Waals surface area contributed by atoms with Crippen molar-refractivity contribution in [3.8, 4) is 16.9 Å². The number of aromatic nitrogens is 2. The second-order valence-corrected chi connectivity index (χ2v) is 6.17. The highest BCUT2D eigenvalue weighted by molar-refractivity contribution is 5.96. The zero-order valence-electron chi connectivity index (χ0n) is 13.8. The van der Waals surface area contributed by atoms with Gasteiger partial charge in [-0.2, -0.15) is 5.10 Å². The maximum atomic E-state index is 12.5. The molecule has 0 amide bonds. The van der Waals surface area contributed by atoms with Crippen LogP contribution in [0.25, 0.3) is 38.7 Å². The van der Waals surface area contributed by atoms with Crippen molar-refractivity contribution >= 4 is 21.7 Å². The van der Waals surface area contributed by atoms with E-state index in [1.54, 1.807) is 4.68 Å². The smallest absolute Gasteiger partial charge is 0.345 e. The first kappa shape index (κ1) is 14.7. The molecule has 124 valence electrons. The molecule has 4 heteroatoms. The number of rotatable bonds is 2. The van der Waals surface area contributed by atoms with E-state index in [1.807, 2.05) is 85.1 Å². The van der Waals surface area contributed by atoms with Crippen molar-refractivity contribution in [2.75, 3.05) is 0 Å². The molecule has 0 saturated carbocycles. The Balaban J connectivity index is 1.67. The van der Waals surface area contributed by atoms with Gasteiger partial charge in [-0.15, -0.1) is 0 Å². The van der Waals surface area contributed by atoms with Crippen molar-refractivity contribution in [1.82, 2.24) is 9.78 Å². The summed E-state index contributed by atoms with van der Waals surface area (Å²) in [4.78, 5) is 12.5. The first-order valence-electron chi connectivity index (χ1n) is 8.36. The van der Waals surface area contributed by atoms with Gasteiger partial charge in [-0.3, -0.25) is 0 Å². The van der Waals surface area contributed by atoms with E-state index in [0.29, 0.717) is 16.8 Å². The van der Waals surface area contributed by atoms with Gasteiger partial charge in [0, 0.05) is 11.6 Å². The fraction of sp³-hybridized carbons (Fsp3) is 0. The molecule has 0 radical (unpaired) electrons. The van der Waals surface area contributed by atoms with Crippen LogP contribution in [0.1, 0.15) is 0 Å². The monoisotopic (exact) mass is 338 g/mol. The van der Waals surface area contributed by atoms with Crippen LogP contribution in [-0.4, -0.2) is 9.78 Å². The third-order valence-electron chi connectivity index (χ3n) is 4.49. The van der Waals surface area contributed by atoms with Crippen LogP contribution in [-0.2, 0) is 0 Å². The largest absolute Gasteiger partial charge is 0.422 e. The zero-order chi connectivity index (χ0) is 17.5. The maximum Gasteiger partial charge on any atom is 0.345 e. The Labute approximate surface area is 148 Å². The van der Waals surface area contributed by atoms with Crippen LogP contribution >= 0.6 is 0 Å². The second kappa shape index (κ2) is 5.70. The van der Waals surface area contributed by atoms with Crippen LogP contribution in [0.3, 0.4) is 0 Å². The molecular formula is C22H14N2O2. The second-order valence-electron chi connectivity index (χ2n) is 6.17. The normalized spacial score (nSPS) is 11.2. The molecule has 0 N–H and O–H groups in total. The summed E-state index contributed by atoms with van der Waals surface area (Å²) in [6.07, 6.45) is 1.84. The first-order chi connectivity index (χ1) is 12.8. The SMILES string of the molecule is O=c1oc2cc3ccccc3cc2cc1-c1ccn(-c2ccccc2)n1. The number of hydrogen-bond donors (Lipinski definition) is 0. The molecule has 0 fully saturated rings. The van der Waals surface area contributed by atoms with Crippen LogP contribution in [0.2, 0.25) is 0 Å². The van der Waals surface area contributed by atoms with Crippen LogP contribution in [0.5, 0.6) is 0 Å². The summed E-state index contributed by atoms with van der Waals surface area (Å²) in [6.45, 7) is 0. The summed E-state index contributed by atoms with van der Waals surface area (Å²) in [7, 11) is 0. The van der Waals surface area contributed by atoms with E-state index in [0.717, 1.165) is 21.8 Å². The lowest BCUT2D eigenvalue weighted by molar-refractivity contribution is 0.563. The van der Waals surface area contributed by atoms with Crippen LogP contribution in [0.4, 0.5) is 0 Å². The predicted molar refractivity (Wildman–Crippen MR) is 103 cm³/mol. The van der Waals surface area contributed by atoms with E-state index in [1.165, 1.54) is 0 Å². The molecule has 0 bridgehead atoms. The number of benzene rings is 3. The highest BCUT2D eigenvalue weighted by atomic mass is 16.4. The molecule has 0 spiro atoms. The molecule has 3 aromatic carbocycles. The molecule has 2 aromatic heterocycles. The van der Waals surface area contributed by atoms with Crippen LogP contribution in [0.15, 0.2) is 94.3 Å². The van der Waals surface area contributed by atoms with Gasteiger partial charge in [0.15, 0.2) is 0 Å². The summed E-state index contributed by atoms with van der Waals surface area (Å²) in [5.74, 6) is 0. The lowest BCUT2D eigenvalue weighted by atomic mass is 10.1. The van der Waals surface area contributed by atoms with Crippen molar-refractivity contribution in [1.29, 1.82) is 0 Å². The number of hydrogen-bond acceptors (Lipinski definition) is 3. The summed E-state index contributed by atoms with van der Waals surface area (Å²) < 4.78 is 7.31. The Morgan fingerprint density at radius 3 is 2.31 bits per heavy atom. The van der Waals surface area contributed by atoms with Gasteiger partial charge in [-0.1, -0.05) is 42.5 Å². The fourth-order valence-electron chi connectivity index (χ4n) is 3.18. The maximum absolute atomic E-state index is 12.5. The highest BCUT2D eigenvalue weighted by Crippen LogP contribution is 2.25. The van der Waals surface area contributed by atoms with Gasteiger partial charge in [0.2, 0.25) is 0 Å². The summed E-state index contributed by atoms with van der Waals surface area (Å²) >= 11 is 0. The average molecular weight is 338 g/mol. The minimum Gasteiger partial charge on any atom is -0.422 e. The third kappa shape index (κ3) is 2.40. The van der Waals surface area contributed by atoms with Gasteiger partial charge in [0.1, 0.15) is 11.3 Å². The molecule has 0 aliphatic carbocycles. The molecule has 4 nitrogen and oxygen atoms in total. The molecule has 0 unspecified atom stereocenters. The Morgan fingerprint density at radius 1 is 0.769 bits per heavy atom. The molecular weight excluding hydrogens is 324 g/mol. The molecule has 0 aliphatic heterocycles. The molecule has 2 heterocycles. The van der Waals surface area contributed by atoms with E-state index in [2.05, 4.69) is 5.10 Å². The van der Waals surface area contributed by atoms with E-state index in [9.17, 15) is 4.79 Å². The topological polar surface area (TPSA) is 48.0 Å². The summed E-state index contributed by atoms with van der Waals surface area (Å²) in [5.41, 5.74) is 2.20. The molecule has 0 atom stereocenters. The quantitative estimate of drug-likeness (QED) is 0.343. The van der Waals surface area contributed by atoms with Crippen molar-refractivity contribution in [2.24, 2.45) is 0 Å². The lowest BCUT2D eigenvalue weighted by Gasteiger charge is -2.03. The standard InChI is InChI=1S/C22H14N2O2/c25-22-19(20-10-11-24(23-20)18-8-2-1-3-9-18)13-17-12-15-6-4-5-7-16(15)14-21(17)26-22/h1-14H. The third-order valence-corrected chi connectivity index (χ3v) is 4.49. The van der Waals surface area contributed by atoms with Gasteiger partial charge in [0.25, 0.3) is 0 Å². The van der Waals surface area contributed by atoms with Crippen LogP contribution < -0.4 is 5.63 Å². The van der Waals surface area contributed by atoms with Gasteiger partial charge in [-0.05, 0) is 47.2 Å². The summed E-state index contributed by atoms with van der Waals surface area (Å²) in [6, 6.07) is 25.4. The van der Waals surface area contributed by atoms with Gasteiger partial charge in [0.05, 0.1) is 11.3 Å². The first-order valence-corrected chi connectivity index (χ1v) is 8.36. The van der Waals surface area contributed by atoms with Gasteiger partial charge < -0.3 is 4.42 Å². The predicted octanol–water partition coefficient (Wildman–Crippen LogP) is 4.80. The number of para-hydroxylation sites is 1. The van der Waals surface area contributed by atoms with E-state index in [-0.39, 0.29) is 5.63 Å². The fourth-order valence-corrected chi connectivity index (χ4v) is 3.18. The Bertz CT molecular complexity index is 1300. The molecule has 0 saturated heterocycles. The molecule has 0 aliphatic rings. The highest BCUT2D eigenvalue weighted by Gasteiger charge is 2.12. The number of nitrogens with zero attached hydrogens (tertiary/aromatic N) is 2. The molecule has 5 aromatic rings. The molecule has 5 rings (SSSR count). The number of fused-ring (bicyclic) bond motifs is 2. The van der Waals surface area contributed by atoms with Crippen molar-refractivity contribution < 1.29 is 4.42 Å². The minimum absolute atomic E-state index is 0.383. The van der Waals surface area contributed by atoms with E-state index < -0.39 is 0 Å². The van der Waals surface area contributed by atoms with Crippen molar-refractivity contribution in [3.05, 3.63) is 95.5 Å². The molecule has 26 heavy (non-hydrogen) atoms. The van der Waals surface area contributed by atoms with E-state index >= 15 is 0 Å². The van der Waals surface area contributed by atoms with Crippen molar-refractivity contribution in [2.45, 2.75) is 0 Å². The van der Waals surface area contributed by atoms with E-state index in [4.69, 9.17) is 4.42 Å². The Hall–Kier alpha value is -3.66. The summed E-state index contributed by atoms with van der Waals surface area (Å²) in [5, 5.41) is 7.57. The average Bonchev–Trinajstić information content (AvgIpc) is 3.16. The van der Waals surface area contributed by atoms with Crippen LogP contribution in [0, 0.1) is 0 Å². The zero-order valence-corrected chi connectivity index (χ0v) is 13.8.